The molecule has 0 saturated heterocycles. The molecule has 2 N–H and O–H groups in total. The molecule has 0 unspecified atom stereocenters. The summed E-state index contributed by atoms with van der Waals surface area (Å²) in [6.45, 7) is 1.66. The smallest absolute Gasteiger partial charge is 0.338 e. The first-order valence-corrected chi connectivity index (χ1v) is 7.93. The minimum absolute atomic E-state index is 0.226. The average molecular weight is 350 g/mol. The van der Waals surface area contributed by atoms with Gasteiger partial charge in [0.15, 0.2) is 6.10 Å². The van der Waals surface area contributed by atoms with E-state index in [1.54, 1.807) is 19.1 Å². The van der Waals surface area contributed by atoms with Gasteiger partial charge >= 0.3 is 5.97 Å². The number of nitrogen functional groups attached to an aromatic ring is 1. The van der Waals surface area contributed by atoms with Crippen LogP contribution in [0, 0.1) is 0 Å². The van der Waals surface area contributed by atoms with Crippen LogP contribution in [0.1, 0.15) is 29.3 Å². The summed E-state index contributed by atoms with van der Waals surface area (Å²) in [4.78, 5) is 13.0. The summed E-state index contributed by atoms with van der Waals surface area (Å²) in [5.74, 6) is 0.0778. The number of nitrogens with two attached hydrogens (primary N) is 1. The fourth-order valence-corrected chi connectivity index (χ4v) is 2.61. The maximum atomic E-state index is 12.1. The maximum absolute atomic E-state index is 12.1. The second-order valence-electron chi connectivity index (χ2n) is 4.71. The van der Waals surface area contributed by atoms with Crippen LogP contribution in [0.3, 0.4) is 0 Å². The molecule has 0 aliphatic carbocycles. The van der Waals surface area contributed by atoms with Gasteiger partial charge in [0.2, 0.25) is 0 Å². The first-order chi connectivity index (χ1) is 11.0. The predicted molar refractivity (Wildman–Crippen MR) is 87.3 cm³/mol. The second-order valence-corrected chi connectivity index (χ2v) is 6.06. The van der Waals surface area contributed by atoms with E-state index in [4.69, 9.17) is 26.5 Å². The number of benzene rings is 1. The average Bonchev–Trinajstić information content (AvgIpc) is 3.20. The third-order valence-electron chi connectivity index (χ3n) is 3.04. The largest absolute Gasteiger partial charge is 0.449 e. The number of nitrogens with zero attached hydrogens (tertiary/aromatic N) is 2. The standard InChI is InChI=1S/C15H12ClN3O3S/c1-8(13-18-19-14(22-13)12-3-2-6-23-12)21-15(20)9-4-5-10(16)11(17)7-9/h2-8H,17H2,1H3/t8-/m1/s1. The lowest BCUT2D eigenvalue weighted by atomic mass is 10.2. The molecule has 0 aliphatic rings. The lowest BCUT2D eigenvalue weighted by molar-refractivity contribution is 0.0280. The molecule has 118 valence electrons. The van der Waals surface area contributed by atoms with Crippen LogP contribution in [0.15, 0.2) is 40.1 Å². The monoisotopic (exact) mass is 349 g/mol. The van der Waals surface area contributed by atoms with Gasteiger partial charge in [-0.2, -0.15) is 0 Å². The van der Waals surface area contributed by atoms with E-state index in [2.05, 4.69) is 10.2 Å². The Morgan fingerprint density at radius 1 is 1.39 bits per heavy atom. The molecule has 1 atom stereocenters. The summed E-state index contributed by atoms with van der Waals surface area (Å²) >= 11 is 7.31. The summed E-state index contributed by atoms with van der Waals surface area (Å²) in [5.41, 5.74) is 6.29. The van der Waals surface area contributed by atoms with Crippen molar-refractivity contribution in [3.63, 3.8) is 0 Å². The Bertz CT molecular complexity index is 832. The predicted octanol–water partition coefficient (Wildman–Crippen LogP) is 3.95. The van der Waals surface area contributed by atoms with Crippen molar-refractivity contribution in [1.82, 2.24) is 10.2 Å². The van der Waals surface area contributed by atoms with Crippen LogP contribution in [0.4, 0.5) is 5.69 Å². The van der Waals surface area contributed by atoms with Gasteiger partial charge in [0.25, 0.3) is 11.8 Å². The van der Waals surface area contributed by atoms with Crippen LogP contribution in [-0.4, -0.2) is 16.2 Å². The molecule has 2 aromatic heterocycles. The first kappa shape index (κ1) is 15.5. The molecule has 6 nitrogen and oxygen atoms in total. The summed E-state index contributed by atoms with van der Waals surface area (Å²) in [6.07, 6.45) is -0.680. The molecule has 0 bridgehead atoms. The molecule has 0 amide bonds. The Hall–Kier alpha value is -2.38. The number of anilines is 1. The van der Waals surface area contributed by atoms with Crippen LogP contribution in [0.5, 0.6) is 0 Å². The number of aromatic nitrogens is 2. The third kappa shape index (κ3) is 3.35. The first-order valence-electron chi connectivity index (χ1n) is 6.68. The zero-order valence-corrected chi connectivity index (χ0v) is 13.6. The summed E-state index contributed by atoms with van der Waals surface area (Å²) in [6, 6.07) is 8.30. The number of hydrogen-bond acceptors (Lipinski definition) is 7. The number of halogens is 1. The normalized spacial score (nSPS) is 12.1. The number of esters is 1. The van der Waals surface area contributed by atoms with Crippen molar-refractivity contribution in [3.05, 3.63) is 52.2 Å². The highest BCUT2D eigenvalue weighted by molar-refractivity contribution is 7.13. The summed E-state index contributed by atoms with van der Waals surface area (Å²) in [5, 5.41) is 10.2. The van der Waals surface area contributed by atoms with Crippen LogP contribution in [0.2, 0.25) is 5.02 Å². The van der Waals surface area contributed by atoms with Crippen molar-refractivity contribution in [2.75, 3.05) is 5.73 Å². The molecular weight excluding hydrogens is 338 g/mol. The van der Waals surface area contributed by atoms with Gasteiger partial charge in [-0.15, -0.1) is 21.5 Å². The molecule has 1 aromatic carbocycles. The van der Waals surface area contributed by atoms with Crippen molar-refractivity contribution in [2.24, 2.45) is 0 Å². The summed E-state index contributed by atoms with van der Waals surface area (Å²) in [7, 11) is 0. The minimum Gasteiger partial charge on any atom is -0.449 e. The van der Waals surface area contributed by atoms with Gasteiger partial charge in [0.1, 0.15) is 0 Å². The van der Waals surface area contributed by atoms with E-state index in [1.807, 2.05) is 17.5 Å². The van der Waals surface area contributed by atoms with Gasteiger partial charge < -0.3 is 14.9 Å². The molecule has 0 spiro atoms. The van der Waals surface area contributed by atoms with Gasteiger partial charge in [0.05, 0.1) is 21.2 Å². The van der Waals surface area contributed by atoms with E-state index in [0.29, 0.717) is 22.2 Å². The van der Waals surface area contributed by atoms with E-state index in [1.165, 1.54) is 17.4 Å². The number of thiophene rings is 1. The molecular formula is C15H12ClN3O3S. The van der Waals surface area contributed by atoms with Gasteiger partial charge in [-0.25, -0.2) is 4.79 Å². The molecule has 23 heavy (non-hydrogen) atoms. The van der Waals surface area contributed by atoms with E-state index in [9.17, 15) is 4.79 Å². The third-order valence-corrected chi connectivity index (χ3v) is 4.24. The van der Waals surface area contributed by atoms with E-state index in [-0.39, 0.29) is 5.89 Å². The fourth-order valence-electron chi connectivity index (χ4n) is 1.85. The maximum Gasteiger partial charge on any atom is 0.338 e. The highest BCUT2D eigenvalue weighted by Gasteiger charge is 2.20. The van der Waals surface area contributed by atoms with Crippen molar-refractivity contribution < 1.29 is 13.9 Å². The number of carbonyl (C=O) groups is 1. The van der Waals surface area contributed by atoms with Crippen molar-refractivity contribution >= 4 is 34.6 Å². The molecule has 0 radical (unpaired) electrons. The zero-order valence-electron chi connectivity index (χ0n) is 12.0. The van der Waals surface area contributed by atoms with E-state index in [0.717, 1.165) is 4.88 Å². The van der Waals surface area contributed by atoms with Crippen molar-refractivity contribution in [3.8, 4) is 10.8 Å². The Morgan fingerprint density at radius 3 is 2.91 bits per heavy atom. The molecule has 0 aliphatic heterocycles. The van der Waals surface area contributed by atoms with Gasteiger partial charge in [-0.1, -0.05) is 17.7 Å². The molecule has 3 rings (SSSR count). The van der Waals surface area contributed by atoms with Crippen LogP contribution >= 0.6 is 22.9 Å². The number of ether oxygens (including phenoxy) is 1. The number of carbonyl (C=O) groups excluding carboxylic acids is 1. The highest BCUT2D eigenvalue weighted by atomic mass is 35.5. The van der Waals surface area contributed by atoms with Crippen molar-refractivity contribution in [1.29, 1.82) is 0 Å². The zero-order chi connectivity index (χ0) is 16.4. The van der Waals surface area contributed by atoms with Gasteiger partial charge in [-0.05, 0) is 36.6 Å². The van der Waals surface area contributed by atoms with Crippen LogP contribution < -0.4 is 5.73 Å². The van der Waals surface area contributed by atoms with Gasteiger partial charge in [0, 0.05) is 0 Å². The molecule has 0 saturated carbocycles. The van der Waals surface area contributed by atoms with Crippen LogP contribution in [0.25, 0.3) is 10.8 Å². The Kier molecular flexibility index (Phi) is 4.31. The molecule has 8 heteroatoms. The minimum atomic E-state index is -0.680. The Labute approximate surface area is 140 Å². The topological polar surface area (TPSA) is 91.2 Å². The van der Waals surface area contributed by atoms with Gasteiger partial charge in [-0.3, -0.25) is 0 Å². The Balaban J connectivity index is 1.72. The Morgan fingerprint density at radius 2 is 2.22 bits per heavy atom. The molecule has 3 aromatic rings. The second kappa shape index (κ2) is 6.39. The highest BCUT2D eigenvalue weighted by Crippen LogP contribution is 2.26. The van der Waals surface area contributed by atoms with E-state index >= 15 is 0 Å². The lowest BCUT2D eigenvalue weighted by Gasteiger charge is -2.10. The number of hydrogen-bond donors (Lipinski definition) is 1. The quantitative estimate of drug-likeness (QED) is 0.566. The molecule has 0 fully saturated rings. The SMILES string of the molecule is C[C@@H](OC(=O)c1ccc(Cl)c(N)c1)c1nnc(-c2cccs2)o1. The lowest BCUT2D eigenvalue weighted by Crippen LogP contribution is -2.10. The van der Waals surface area contributed by atoms with Crippen LogP contribution in [-0.2, 0) is 4.74 Å². The fraction of sp³-hybridized carbons (Fsp3) is 0.133. The van der Waals surface area contributed by atoms with Crippen molar-refractivity contribution in [2.45, 2.75) is 13.0 Å². The molecule has 2 heterocycles. The number of rotatable bonds is 4. The van der Waals surface area contributed by atoms with E-state index < -0.39 is 12.1 Å². The summed E-state index contributed by atoms with van der Waals surface area (Å²) < 4.78 is 10.9.